The average molecular weight is 163 g/mol. The van der Waals surface area contributed by atoms with Crippen LogP contribution < -0.4 is 5.32 Å². The van der Waals surface area contributed by atoms with Gasteiger partial charge in [0.05, 0.1) is 18.0 Å². The van der Waals surface area contributed by atoms with Crippen LogP contribution in [0.4, 0.5) is 0 Å². The van der Waals surface area contributed by atoms with Gasteiger partial charge in [0.15, 0.2) is 0 Å². The number of carbonyl (C=O) groups excluding carboxylic acids is 1. The van der Waals surface area contributed by atoms with Gasteiger partial charge in [0.2, 0.25) is 0 Å². The lowest BCUT2D eigenvalue weighted by Crippen LogP contribution is -2.25. The molecule has 0 aliphatic heterocycles. The fourth-order valence-corrected chi connectivity index (χ4v) is 0.921. The summed E-state index contributed by atoms with van der Waals surface area (Å²) < 4.78 is 0. The number of carbonyl (C=O) groups is 1. The fraction of sp³-hybridized carbons (Fsp3) is 0.375. The third-order valence-electron chi connectivity index (χ3n) is 1.76. The largest absolute Gasteiger partial charge is 0.349 e. The number of rotatable bonds is 2. The summed E-state index contributed by atoms with van der Waals surface area (Å²) in [6, 6.07) is 2.05. The predicted octanol–water partition coefficient (Wildman–Crippen LogP) is 0.369. The molecule has 1 fully saturated rings. The summed E-state index contributed by atoms with van der Waals surface area (Å²) in [4.78, 5) is 11.3. The Kier molecular flexibility index (Phi) is 1.74. The quantitative estimate of drug-likeness (QED) is 0.685. The first-order valence-corrected chi connectivity index (χ1v) is 3.94. The van der Waals surface area contributed by atoms with Crippen molar-refractivity contribution in [2.24, 2.45) is 0 Å². The third kappa shape index (κ3) is 1.58. The van der Waals surface area contributed by atoms with Crippen molar-refractivity contribution in [3.8, 4) is 0 Å². The van der Waals surface area contributed by atoms with Crippen LogP contribution >= 0.6 is 0 Å². The molecule has 0 aromatic carbocycles. The Morgan fingerprint density at radius 1 is 1.50 bits per heavy atom. The zero-order valence-corrected chi connectivity index (χ0v) is 6.53. The Labute approximate surface area is 70.0 Å². The van der Waals surface area contributed by atoms with Crippen LogP contribution in [0.3, 0.4) is 0 Å². The van der Waals surface area contributed by atoms with E-state index in [-0.39, 0.29) is 5.91 Å². The maximum absolute atomic E-state index is 11.3. The first kappa shape index (κ1) is 7.21. The van der Waals surface area contributed by atoms with Crippen LogP contribution in [0.1, 0.15) is 23.2 Å². The highest BCUT2D eigenvalue weighted by Crippen LogP contribution is 2.18. The molecule has 62 valence electrons. The lowest BCUT2D eigenvalue weighted by atomic mass is 10.3. The maximum atomic E-state index is 11.3. The topological polar surface area (TPSA) is 54.9 Å². The minimum absolute atomic E-state index is 0.0487. The van der Waals surface area contributed by atoms with Gasteiger partial charge in [-0.3, -0.25) is 4.79 Å². The van der Waals surface area contributed by atoms with Crippen molar-refractivity contribution in [1.29, 1.82) is 0 Å². The summed E-state index contributed by atoms with van der Waals surface area (Å²) in [5, 5.41) is 10.1. The van der Waals surface area contributed by atoms with Gasteiger partial charge in [-0.15, -0.1) is 0 Å². The number of aromatic nitrogens is 2. The number of hydrogen-bond donors (Lipinski definition) is 1. The van der Waals surface area contributed by atoms with Crippen LogP contribution in [-0.4, -0.2) is 22.1 Å². The Morgan fingerprint density at radius 3 is 2.92 bits per heavy atom. The van der Waals surface area contributed by atoms with Crippen molar-refractivity contribution < 1.29 is 4.79 Å². The molecule has 1 saturated carbocycles. The van der Waals surface area contributed by atoms with Crippen LogP contribution in [0.5, 0.6) is 0 Å². The lowest BCUT2D eigenvalue weighted by molar-refractivity contribution is 0.0950. The molecule has 0 saturated heterocycles. The Morgan fingerprint density at radius 2 is 2.33 bits per heavy atom. The van der Waals surface area contributed by atoms with Gasteiger partial charge in [0.25, 0.3) is 5.91 Å². The molecule has 2 rings (SSSR count). The van der Waals surface area contributed by atoms with Gasteiger partial charge in [-0.05, 0) is 18.9 Å². The van der Waals surface area contributed by atoms with E-state index in [1.54, 1.807) is 6.07 Å². The normalized spacial score (nSPS) is 15.7. The van der Waals surface area contributed by atoms with E-state index < -0.39 is 0 Å². The van der Waals surface area contributed by atoms with E-state index in [1.165, 1.54) is 12.4 Å². The van der Waals surface area contributed by atoms with E-state index in [2.05, 4.69) is 15.5 Å². The number of hydrogen-bond acceptors (Lipinski definition) is 3. The monoisotopic (exact) mass is 163 g/mol. The van der Waals surface area contributed by atoms with Crippen molar-refractivity contribution in [2.45, 2.75) is 18.9 Å². The Hall–Kier alpha value is -1.45. The summed E-state index contributed by atoms with van der Waals surface area (Å²) in [5.74, 6) is -0.0487. The molecule has 1 aliphatic carbocycles. The van der Waals surface area contributed by atoms with E-state index >= 15 is 0 Å². The smallest absolute Gasteiger partial charge is 0.253 e. The van der Waals surface area contributed by atoms with Crippen molar-refractivity contribution in [1.82, 2.24) is 15.5 Å². The van der Waals surface area contributed by atoms with Crippen molar-refractivity contribution in [3.63, 3.8) is 0 Å². The van der Waals surface area contributed by atoms with E-state index in [9.17, 15) is 4.79 Å². The molecule has 1 aromatic heterocycles. The van der Waals surface area contributed by atoms with Gasteiger partial charge in [-0.1, -0.05) is 0 Å². The number of nitrogens with zero attached hydrogens (tertiary/aromatic N) is 2. The highest BCUT2D eigenvalue weighted by atomic mass is 16.1. The van der Waals surface area contributed by atoms with E-state index in [1.807, 2.05) is 0 Å². The highest BCUT2D eigenvalue weighted by molar-refractivity contribution is 5.94. The molecular formula is C8H9N3O. The standard InChI is InChI=1S/C8H9N3O/c12-8(11-7-1-2-7)6-3-4-9-10-5-6/h3-5,7H,1-2H2,(H,11,12). The van der Waals surface area contributed by atoms with E-state index in [0.29, 0.717) is 11.6 Å². The van der Waals surface area contributed by atoms with Crippen molar-refractivity contribution in [2.75, 3.05) is 0 Å². The van der Waals surface area contributed by atoms with E-state index in [4.69, 9.17) is 0 Å². The molecule has 12 heavy (non-hydrogen) atoms. The summed E-state index contributed by atoms with van der Waals surface area (Å²) >= 11 is 0. The zero-order valence-electron chi connectivity index (χ0n) is 6.53. The molecule has 1 amide bonds. The van der Waals surface area contributed by atoms with E-state index in [0.717, 1.165) is 12.8 Å². The molecular weight excluding hydrogens is 154 g/mol. The summed E-state index contributed by atoms with van der Waals surface area (Å²) in [7, 11) is 0. The van der Waals surface area contributed by atoms with Gasteiger partial charge in [-0.2, -0.15) is 10.2 Å². The molecule has 1 aromatic rings. The van der Waals surface area contributed by atoms with Gasteiger partial charge < -0.3 is 5.32 Å². The molecule has 0 bridgehead atoms. The molecule has 1 heterocycles. The predicted molar refractivity (Wildman–Crippen MR) is 42.5 cm³/mol. The third-order valence-corrected chi connectivity index (χ3v) is 1.76. The molecule has 1 N–H and O–H groups in total. The van der Waals surface area contributed by atoms with Gasteiger partial charge >= 0.3 is 0 Å². The minimum Gasteiger partial charge on any atom is -0.349 e. The summed E-state index contributed by atoms with van der Waals surface area (Å²) in [6.07, 6.45) is 5.19. The lowest BCUT2D eigenvalue weighted by Gasteiger charge is -2.00. The van der Waals surface area contributed by atoms with Gasteiger partial charge in [0.1, 0.15) is 0 Å². The number of nitrogens with one attached hydrogen (secondary N) is 1. The molecule has 0 atom stereocenters. The Bertz CT molecular complexity index is 282. The highest BCUT2D eigenvalue weighted by Gasteiger charge is 2.23. The molecule has 4 heteroatoms. The molecule has 0 radical (unpaired) electrons. The van der Waals surface area contributed by atoms with Crippen molar-refractivity contribution in [3.05, 3.63) is 24.0 Å². The first-order chi connectivity index (χ1) is 5.86. The second-order valence-electron chi connectivity index (χ2n) is 2.88. The average Bonchev–Trinajstić information content (AvgIpc) is 2.90. The zero-order chi connectivity index (χ0) is 8.39. The molecule has 4 nitrogen and oxygen atoms in total. The second-order valence-corrected chi connectivity index (χ2v) is 2.88. The van der Waals surface area contributed by atoms with Gasteiger partial charge in [-0.25, -0.2) is 0 Å². The van der Waals surface area contributed by atoms with Gasteiger partial charge in [0, 0.05) is 6.04 Å². The maximum Gasteiger partial charge on any atom is 0.253 e. The molecule has 0 unspecified atom stereocenters. The van der Waals surface area contributed by atoms with Crippen LogP contribution in [0.25, 0.3) is 0 Å². The fourth-order valence-electron chi connectivity index (χ4n) is 0.921. The Balaban J connectivity index is 2.03. The van der Waals surface area contributed by atoms with Crippen LogP contribution in [-0.2, 0) is 0 Å². The minimum atomic E-state index is -0.0487. The SMILES string of the molecule is O=C(NC1CC1)c1ccnnc1. The molecule has 1 aliphatic rings. The van der Waals surface area contributed by atoms with Crippen LogP contribution in [0, 0.1) is 0 Å². The molecule has 0 spiro atoms. The number of amides is 1. The van der Waals surface area contributed by atoms with Crippen LogP contribution in [0.2, 0.25) is 0 Å². The second kappa shape index (κ2) is 2.89. The summed E-state index contributed by atoms with van der Waals surface area (Å²) in [6.45, 7) is 0. The van der Waals surface area contributed by atoms with Crippen molar-refractivity contribution >= 4 is 5.91 Å². The summed E-state index contributed by atoms with van der Waals surface area (Å²) in [5.41, 5.74) is 0.580. The van der Waals surface area contributed by atoms with Crippen LogP contribution in [0.15, 0.2) is 18.5 Å². The first-order valence-electron chi connectivity index (χ1n) is 3.94.